The molecule has 2 nitrogen and oxygen atoms in total. The third kappa shape index (κ3) is 3.70. The summed E-state index contributed by atoms with van der Waals surface area (Å²) in [5, 5.41) is 0. The predicted molar refractivity (Wildman–Crippen MR) is 71.2 cm³/mol. The number of hydrogen-bond donors (Lipinski definition) is 1. The number of rotatable bonds is 3. The van der Waals surface area contributed by atoms with Crippen LogP contribution < -0.4 is 5.73 Å². The first-order chi connectivity index (χ1) is 7.71. The summed E-state index contributed by atoms with van der Waals surface area (Å²) >= 11 is 0. The number of anilines is 1. The number of halogens is 1. The maximum absolute atomic E-state index is 13.7. The van der Waals surface area contributed by atoms with Gasteiger partial charge in [0.25, 0.3) is 0 Å². The van der Waals surface area contributed by atoms with E-state index in [1.54, 1.807) is 12.1 Å². The summed E-state index contributed by atoms with van der Waals surface area (Å²) < 4.78 is 13.7. The van der Waals surface area contributed by atoms with Crippen molar-refractivity contribution >= 4 is 5.69 Å². The van der Waals surface area contributed by atoms with Gasteiger partial charge in [0, 0.05) is 23.8 Å². The fraction of sp³-hybridized carbons (Fsp3) is 0.571. The third-order valence-electron chi connectivity index (χ3n) is 3.41. The Hall–Kier alpha value is -1.09. The summed E-state index contributed by atoms with van der Waals surface area (Å²) in [6.07, 6.45) is 0. The van der Waals surface area contributed by atoms with Crippen molar-refractivity contribution in [3.05, 3.63) is 29.6 Å². The van der Waals surface area contributed by atoms with E-state index in [-0.39, 0.29) is 11.2 Å². The molecule has 0 aliphatic rings. The van der Waals surface area contributed by atoms with Crippen molar-refractivity contribution in [1.82, 2.24) is 4.90 Å². The normalized spacial score (nSPS) is 14.1. The fourth-order valence-electron chi connectivity index (χ4n) is 1.76. The Kier molecular flexibility index (Phi) is 4.15. The van der Waals surface area contributed by atoms with Crippen LogP contribution in [0, 0.1) is 11.2 Å². The zero-order valence-electron chi connectivity index (χ0n) is 11.4. The number of nitrogen functional groups attached to an aromatic ring is 1. The first kappa shape index (κ1) is 14.0. The molecule has 1 rings (SSSR count). The van der Waals surface area contributed by atoms with E-state index in [2.05, 4.69) is 32.6 Å². The van der Waals surface area contributed by atoms with Crippen LogP contribution >= 0.6 is 0 Å². The molecule has 0 heterocycles. The molecule has 3 heteroatoms. The Morgan fingerprint density at radius 3 is 2.41 bits per heavy atom. The van der Waals surface area contributed by atoms with Gasteiger partial charge >= 0.3 is 0 Å². The number of benzene rings is 1. The van der Waals surface area contributed by atoms with E-state index in [0.29, 0.717) is 23.8 Å². The molecule has 0 amide bonds. The molecule has 0 aromatic heterocycles. The Balaban J connectivity index is 2.78. The average Bonchev–Trinajstić information content (AvgIpc) is 2.19. The van der Waals surface area contributed by atoms with Gasteiger partial charge in [0.05, 0.1) is 0 Å². The molecular weight excluding hydrogens is 215 g/mol. The van der Waals surface area contributed by atoms with Crippen molar-refractivity contribution in [2.45, 2.75) is 40.3 Å². The lowest BCUT2D eigenvalue weighted by Gasteiger charge is -2.35. The van der Waals surface area contributed by atoms with E-state index >= 15 is 0 Å². The maximum Gasteiger partial charge on any atom is 0.129 e. The van der Waals surface area contributed by atoms with Gasteiger partial charge < -0.3 is 5.73 Å². The van der Waals surface area contributed by atoms with Gasteiger partial charge in [-0.2, -0.15) is 0 Å². The van der Waals surface area contributed by atoms with Gasteiger partial charge in [-0.05, 0) is 31.5 Å². The highest BCUT2D eigenvalue weighted by Gasteiger charge is 2.24. The quantitative estimate of drug-likeness (QED) is 0.819. The van der Waals surface area contributed by atoms with E-state index in [0.717, 1.165) is 0 Å². The summed E-state index contributed by atoms with van der Waals surface area (Å²) in [5.74, 6) is -0.224. The van der Waals surface area contributed by atoms with E-state index in [9.17, 15) is 4.39 Å². The molecule has 1 atom stereocenters. The minimum Gasteiger partial charge on any atom is -0.399 e. The highest BCUT2D eigenvalue weighted by Crippen LogP contribution is 2.24. The highest BCUT2D eigenvalue weighted by molar-refractivity contribution is 5.40. The Bertz CT molecular complexity index is 382. The summed E-state index contributed by atoms with van der Waals surface area (Å²) in [4.78, 5) is 2.16. The van der Waals surface area contributed by atoms with Crippen LogP contribution in [0.3, 0.4) is 0 Å². The van der Waals surface area contributed by atoms with Gasteiger partial charge in [0.1, 0.15) is 5.82 Å². The van der Waals surface area contributed by atoms with Crippen LogP contribution in [-0.4, -0.2) is 18.0 Å². The van der Waals surface area contributed by atoms with Gasteiger partial charge in [-0.15, -0.1) is 0 Å². The van der Waals surface area contributed by atoms with Crippen LogP contribution in [0.25, 0.3) is 0 Å². The molecule has 0 saturated carbocycles. The lowest BCUT2D eigenvalue weighted by molar-refractivity contribution is 0.133. The third-order valence-corrected chi connectivity index (χ3v) is 3.41. The second-order valence-electron chi connectivity index (χ2n) is 5.81. The summed E-state index contributed by atoms with van der Waals surface area (Å²) in [6, 6.07) is 5.26. The number of nitrogens with zero attached hydrogens (tertiary/aromatic N) is 1. The van der Waals surface area contributed by atoms with E-state index in [1.165, 1.54) is 6.07 Å². The largest absolute Gasteiger partial charge is 0.399 e. The summed E-state index contributed by atoms with van der Waals surface area (Å²) in [6.45, 7) is 9.33. The van der Waals surface area contributed by atoms with Crippen LogP contribution in [0.15, 0.2) is 18.2 Å². The molecule has 0 radical (unpaired) electrons. The zero-order chi connectivity index (χ0) is 13.2. The first-order valence-electron chi connectivity index (χ1n) is 5.96. The second kappa shape index (κ2) is 5.05. The van der Waals surface area contributed by atoms with Gasteiger partial charge in [0.2, 0.25) is 0 Å². The maximum atomic E-state index is 13.7. The SMILES string of the molecule is CC(N(C)Cc1ccc(N)cc1F)C(C)(C)C. The molecule has 1 aromatic rings. The monoisotopic (exact) mass is 238 g/mol. The van der Waals surface area contributed by atoms with Crippen molar-refractivity contribution in [1.29, 1.82) is 0 Å². The molecule has 1 unspecified atom stereocenters. The molecular formula is C14H23FN2. The van der Waals surface area contributed by atoms with Gasteiger partial charge in [-0.3, -0.25) is 4.90 Å². The van der Waals surface area contributed by atoms with Crippen LogP contribution in [-0.2, 0) is 6.54 Å². The molecule has 0 fully saturated rings. The Morgan fingerprint density at radius 1 is 1.35 bits per heavy atom. The van der Waals surface area contributed by atoms with Gasteiger partial charge in [-0.25, -0.2) is 4.39 Å². The molecule has 1 aromatic carbocycles. The lowest BCUT2D eigenvalue weighted by atomic mass is 9.87. The summed E-state index contributed by atoms with van der Waals surface area (Å²) in [7, 11) is 2.02. The lowest BCUT2D eigenvalue weighted by Crippen LogP contribution is -2.38. The average molecular weight is 238 g/mol. The topological polar surface area (TPSA) is 29.3 Å². The van der Waals surface area contributed by atoms with Crippen LogP contribution in [0.4, 0.5) is 10.1 Å². The second-order valence-corrected chi connectivity index (χ2v) is 5.81. The minimum absolute atomic E-state index is 0.180. The summed E-state index contributed by atoms with van der Waals surface area (Å²) in [5.41, 5.74) is 6.88. The highest BCUT2D eigenvalue weighted by atomic mass is 19.1. The predicted octanol–water partition coefficient (Wildman–Crippen LogP) is 3.27. The Labute approximate surface area is 104 Å². The van der Waals surface area contributed by atoms with Crippen molar-refractivity contribution in [3.63, 3.8) is 0 Å². The number of hydrogen-bond acceptors (Lipinski definition) is 2. The molecule has 96 valence electrons. The van der Waals surface area contributed by atoms with Crippen LogP contribution in [0.5, 0.6) is 0 Å². The van der Waals surface area contributed by atoms with E-state index < -0.39 is 0 Å². The molecule has 0 saturated heterocycles. The molecule has 0 bridgehead atoms. The van der Waals surface area contributed by atoms with Crippen molar-refractivity contribution in [3.8, 4) is 0 Å². The van der Waals surface area contributed by atoms with Crippen molar-refractivity contribution in [2.75, 3.05) is 12.8 Å². The smallest absolute Gasteiger partial charge is 0.129 e. The van der Waals surface area contributed by atoms with E-state index in [1.807, 2.05) is 7.05 Å². The van der Waals surface area contributed by atoms with Crippen LogP contribution in [0.1, 0.15) is 33.3 Å². The van der Waals surface area contributed by atoms with Crippen molar-refractivity contribution < 1.29 is 4.39 Å². The van der Waals surface area contributed by atoms with E-state index in [4.69, 9.17) is 5.73 Å². The molecule has 0 spiro atoms. The zero-order valence-corrected chi connectivity index (χ0v) is 11.4. The first-order valence-corrected chi connectivity index (χ1v) is 5.96. The minimum atomic E-state index is -0.224. The standard InChI is InChI=1S/C14H23FN2/c1-10(14(2,3)4)17(5)9-11-6-7-12(16)8-13(11)15/h6-8,10H,9,16H2,1-5H3. The molecule has 0 aliphatic heterocycles. The van der Waals surface area contributed by atoms with Gasteiger partial charge in [0.15, 0.2) is 0 Å². The van der Waals surface area contributed by atoms with Crippen molar-refractivity contribution in [2.24, 2.45) is 5.41 Å². The molecule has 2 N–H and O–H groups in total. The fourth-order valence-corrected chi connectivity index (χ4v) is 1.76. The molecule has 17 heavy (non-hydrogen) atoms. The van der Waals surface area contributed by atoms with Crippen LogP contribution in [0.2, 0.25) is 0 Å². The molecule has 0 aliphatic carbocycles. The Morgan fingerprint density at radius 2 is 1.94 bits per heavy atom. The van der Waals surface area contributed by atoms with Gasteiger partial charge in [-0.1, -0.05) is 26.8 Å². The number of nitrogens with two attached hydrogens (primary N) is 1.